The molecule has 0 atom stereocenters. The fourth-order valence-corrected chi connectivity index (χ4v) is 2.61. The predicted octanol–water partition coefficient (Wildman–Crippen LogP) is 2.33. The minimum absolute atomic E-state index is 0.274. The van der Waals surface area contributed by atoms with E-state index in [4.69, 9.17) is 0 Å². The second-order valence-electron chi connectivity index (χ2n) is 5.27. The maximum absolute atomic E-state index is 13.6. The lowest BCUT2D eigenvalue weighted by molar-refractivity contribution is 0.254. The Labute approximate surface area is 120 Å². The summed E-state index contributed by atoms with van der Waals surface area (Å²) in [5, 5.41) is 6.04. The van der Waals surface area contributed by atoms with Crippen LogP contribution in [0.4, 0.5) is 16.2 Å². The molecule has 1 heterocycles. The lowest BCUT2D eigenvalue weighted by atomic mass is 10.2. The summed E-state index contributed by atoms with van der Waals surface area (Å²) in [5.41, 5.74) is 0. The van der Waals surface area contributed by atoms with Gasteiger partial charge in [0.1, 0.15) is 0 Å². The van der Waals surface area contributed by atoms with Crippen molar-refractivity contribution in [3.05, 3.63) is 12.0 Å². The molecule has 2 N–H and O–H groups in total. The summed E-state index contributed by atoms with van der Waals surface area (Å²) >= 11 is 0. The van der Waals surface area contributed by atoms with Gasteiger partial charge in [-0.15, -0.1) is 0 Å². The summed E-state index contributed by atoms with van der Waals surface area (Å²) < 4.78 is 13.6. The molecule has 112 valence electrons. The van der Waals surface area contributed by atoms with Gasteiger partial charge in [0.05, 0.1) is 6.20 Å². The number of halogens is 1. The van der Waals surface area contributed by atoms with Crippen LogP contribution in [0.5, 0.6) is 0 Å². The molecule has 0 saturated heterocycles. The Morgan fingerprint density at radius 1 is 1.35 bits per heavy atom. The molecule has 0 aliphatic heterocycles. The van der Waals surface area contributed by atoms with Gasteiger partial charge < -0.3 is 15.5 Å². The van der Waals surface area contributed by atoms with Gasteiger partial charge >= 0.3 is 0 Å². The highest BCUT2D eigenvalue weighted by Gasteiger charge is 2.18. The quantitative estimate of drug-likeness (QED) is 0.803. The fraction of sp³-hybridized carbons (Fsp3) is 0.714. The molecule has 20 heavy (non-hydrogen) atoms. The number of aromatic nitrogens is 2. The zero-order valence-corrected chi connectivity index (χ0v) is 12.3. The van der Waals surface area contributed by atoms with E-state index in [9.17, 15) is 4.39 Å². The lowest BCUT2D eigenvalue weighted by Crippen LogP contribution is -2.33. The molecule has 0 aromatic carbocycles. The van der Waals surface area contributed by atoms with Crippen LogP contribution < -0.4 is 10.6 Å². The molecule has 1 fully saturated rings. The smallest absolute Gasteiger partial charge is 0.224 e. The van der Waals surface area contributed by atoms with Crippen LogP contribution in [0.15, 0.2) is 6.20 Å². The number of nitrogens with one attached hydrogen (secondary N) is 2. The summed E-state index contributed by atoms with van der Waals surface area (Å²) in [6.07, 6.45) is 6.42. The molecule has 0 radical (unpaired) electrons. The van der Waals surface area contributed by atoms with Crippen LogP contribution in [-0.2, 0) is 0 Å². The SMILES string of the molecule is CCNc1ncc(F)c(NCCN(C)C2CCCC2)n1. The normalized spacial score (nSPS) is 15.8. The summed E-state index contributed by atoms with van der Waals surface area (Å²) in [7, 11) is 2.14. The Morgan fingerprint density at radius 2 is 2.10 bits per heavy atom. The number of hydrogen-bond acceptors (Lipinski definition) is 5. The minimum Gasteiger partial charge on any atom is -0.366 e. The van der Waals surface area contributed by atoms with Crippen LogP contribution in [-0.4, -0.2) is 47.6 Å². The van der Waals surface area contributed by atoms with E-state index in [0.717, 1.165) is 13.1 Å². The van der Waals surface area contributed by atoms with E-state index < -0.39 is 5.82 Å². The van der Waals surface area contributed by atoms with E-state index in [1.165, 1.54) is 31.9 Å². The van der Waals surface area contributed by atoms with Crippen LogP contribution in [0.25, 0.3) is 0 Å². The van der Waals surface area contributed by atoms with Crippen molar-refractivity contribution in [2.45, 2.75) is 38.6 Å². The van der Waals surface area contributed by atoms with Crippen molar-refractivity contribution in [2.24, 2.45) is 0 Å². The van der Waals surface area contributed by atoms with Gasteiger partial charge in [-0.25, -0.2) is 9.37 Å². The largest absolute Gasteiger partial charge is 0.366 e. The van der Waals surface area contributed by atoms with Crippen molar-refractivity contribution in [3.8, 4) is 0 Å². The first kappa shape index (κ1) is 15.0. The Morgan fingerprint density at radius 3 is 2.80 bits per heavy atom. The zero-order chi connectivity index (χ0) is 14.4. The molecule has 0 unspecified atom stereocenters. The molecule has 0 amide bonds. The molecule has 1 aromatic heterocycles. The van der Waals surface area contributed by atoms with Gasteiger partial charge in [0.15, 0.2) is 11.6 Å². The Balaban J connectivity index is 1.82. The minimum atomic E-state index is -0.407. The first-order valence-electron chi connectivity index (χ1n) is 7.41. The van der Waals surface area contributed by atoms with E-state index in [2.05, 4.69) is 32.5 Å². The molecule has 6 heteroatoms. The summed E-state index contributed by atoms with van der Waals surface area (Å²) in [5.74, 6) is 0.325. The Kier molecular flexibility index (Phi) is 5.52. The second-order valence-corrected chi connectivity index (χ2v) is 5.27. The van der Waals surface area contributed by atoms with Crippen molar-refractivity contribution in [1.82, 2.24) is 14.9 Å². The highest BCUT2D eigenvalue weighted by molar-refractivity contribution is 5.40. The number of likely N-dealkylation sites (N-methyl/N-ethyl adjacent to an activating group) is 1. The Hall–Kier alpha value is -1.43. The molecule has 1 aromatic rings. The highest BCUT2D eigenvalue weighted by atomic mass is 19.1. The molecule has 5 nitrogen and oxygen atoms in total. The van der Waals surface area contributed by atoms with E-state index in [-0.39, 0.29) is 5.82 Å². The third-order valence-electron chi connectivity index (χ3n) is 3.78. The number of hydrogen-bond donors (Lipinski definition) is 2. The van der Waals surface area contributed by atoms with Crippen LogP contribution in [0.2, 0.25) is 0 Å². The van der Waals surface area contributed by atoms with Crippen molar-refractivity contribution in [3.63, 3.8) is 0 Å². The maximum atomic E-state index is 13.6. The van der Waals surface area contributed by atoms with E-state index in [1.54, 1.807) is 0 Å². The molecule has 1 aliphatic rings. The van der Waals surface area contributed by atoms with Crippen LogP contribution in [0, 0.1) is 5.82 Å². The standard InChI is InChI=1S/C14H24FN5/c1-3-16-14-18-10-12(15)13(19-14)17-8-9-20(2)11-6-4-5-7-11/h10-11H,3-9H2,1-2H3,(H2,16,17,18,19). The summed E-state index contributed by atoms with van der Waals surface area (Å²) in [6, 6.07) is 0.685. The average Bonchev–Trinajstić information content (AvgIpc) is 2.96. The average molecular weight is 281 g/mol. The van der Waals surface area contributed by atoms with Gasteiger partial charge in [0.2, 0.25) is 5.95 Å². The van der Waals surface area contributed by atoms with Gasteiger partial charge in [0, 0.05) is 25.7 Å². The topological polar surface area (TPSA) is 53.1 Å². The van der Waals surface area contributed by atoms with Gasteiger partial charge in [-0.05, 0) is 26.8 Å². The van der Waals surface area contributed by atoms with Gasteiger partial charge in [-0.2, -0.15) is 4.98 Å². The van der Waals surface area contributed by atoms with Crippen molar-refractivity contribution >= 4 is 11.8 Å². The molecule has 0 bridgehead atoms. The highest BCUT2D eigenvalue weighted by Crippen LogP contribution is 2.22. The van der Waals surface area contributed by atoms with E-state index >= 15 is 0 Å². The van der Waals surface area contributed by atoms with Crippen molar-refractivity contribution in [2.75, 3.05) is 37.3 Å². The van der Waals surface area contributed by atoms with E-state index in [0.29, 0.717) is 18.5 Å². The molecule has 1 saturated carbocycles. The van der Waals surface area contributed by atoms with Crippen molar-refractivity contribution in [1.29, 1.82) is 0 Å². The number of nitrogens with zero attached hydrogens (tertiary/aromatic N) is 3. The van der Waals surface area contributed by atoms with Gasteiger partial charge in [-0.3, -0.25) is 0 Å². The zero-order valence-electron chi connectivity index (χ0n) is 12.3. The first-order chi connectivity index (χ1) is 9.70. The molecular formula is C14H24FN5. The number of anilines is 2. The lowest BCUT2D eigenvalue weighted by Gasteiger charge is -2.24. The summed E-state index contributed by atoms with van der Waals surface area (Å²) in [6.45, 7) is 4.25. The second kappa shape index (κ2) is 7.38. The van der Waals surface area contributed by atoms with Crippen LogP contribution in [0.3, 0.4) is 0 Å². The molecule has 1 aliphatic carbocycles. The molecule has 0 spiro atoms. The van der Waals surface area contributed by atoms with Crippen molar-refractivity contribution < 1.29 is 4.39 Å². The predicted molar refractivity (Wildman–Crippen MR) is 79.5 cm³/mol. The summed E-state index contributed by atoms with van der Waals surface area (Å²) in [4.78, 5) is 10.4. The Bertz CT molecular complexity index is 420. The van der Waals surface area contributed by atoms with Gasteiger partial charge in [-0.1, -0.05) is 12.8 Å². The maximum Gasteiger partial charge on any atom is 0.224 e. The first-order valence-corrected chi connectivity index (χ1v) is 7.41. The van der Waals surface area contributed by atoms with Crippen LogP contribution >= 0.6 is 0 Å². The number of rotatable bonds is 7. The van der Waals surface area contributed by atoms with Gasteiger partial charge in [0.25, 0.3) is 0 Å². The monoisotopic (exact) mass is 281 g/mol. The van der Waals surface area contributed by atoms with Crippen LogP contribution in [0.1, 0.15) is 32.6 Å². The van der Waals surface area contributed by atoms with E-state index in [1.807, 2.05) is 6.92 Å². The molecule has 2 rings (SSSR count). The third kappa shape index (κ3) is 4.03. The molecular weight excluding hydrogens is 257 g/mol. The fourth-order valence-electron chi connectivity index (χ4n) is 2.61. The third-order valence-corrected chi connectivity index (χ3v) is 3.78.